The molecule has 0 radical (unpaired) electrons. The molecule has 3 N–H and O–H groups in total. The molecule has 7 heteroatoms. The van der Waals surface area contributed by atoms with E-state index in [1.807, 2.05) is 0 Å². The zero-order valence-corrected chi connectivity index (χ0v) is 9.32. The topological polar surface area (TPSA) is 136 Å². The first-order valence-electron chi connectivity index (χ1n) is 4.83. The lowest BCUT2D eigenvalue weighted by molar-refractivity contribution is -0.131. The molecule has 19 heavy (non-hydrogen) atoms. The monoisotopic (exact) mass is 261 g/mol. The van der Waals surface area contributed by atoms with E-state index in [2.05, 4.69) is 0 Å². The number of rotatable bonds is 4. The number of hydrogen-bond acceptors (Lipinski definition) is 4. The zero-order chi connectivity index (χ0) is 14.6. The number of aliphatic carboxylic acids is 1. The van der Waals surface area contributed by atoms with E-state index < -0.39 is 34.6 Å². The smallest absolute Gasteiger partial charge is 0.337 e. The van der Waals surface area contributed by atoms with E-state index in [1.165, 1.54) is 18.2 Å². The second-order valence-electron chi connectivity index (χ2n) is 3.35. The lowest BCUT2D eigenvalue weighted by atomic mass is 9.95. The van der Waals surface area contributed by atoms with Gasteiger partial charge in [0, 0.05) is 11.6 Å². The predicted molar refractivity (Wildman–Crippen MR) is 61.6 cm³/mol. The second kappa shape index (κ2) is 5.46. The molecule has 0 saturated carbocycles. The van der Waals surface area contributed by atoms with Gasteiger partial charge in [0.2, 0.25) is 0 Å². The number of hydrogen-bond donors (Lipinski definition) is 3. The summed E-state index contributed by atoms with van der Waals surface area (Å²) in [6.45, 7) is 0. The van der Waals surface area contributed by atoms with E-state index in [0.29, 0.717) is 6.08 Å². The molecule has 0 saturated heterocycles. The van der Waals surface area contributed by atoms with Crippen LogP contribution in [0.5, 0.6) is 0 Å². The fourth-order valence-electron chi connectivity index (χ4n) is 1.48. The van der Waals surface area contributed by atoms with Gasteiger partial charge in [-0.1, -0.05) is 12.1 Å². The maximum atomic E-state index is 11.1. The van der Waals surface area contributed by atoms with Crippen molar-refractivity contribution < 1.29 is 29.7 Å². The predicted octanol–water partition coefficient (Wildman–Crippen LogP) is 1.07. The largest absolute Gasteiger partial charge is 0.478 e. The number of allylic oxidation sites excluding steroid dienone is 1. The van der Waals surface area contributed by atoms with Crippen LogP contribution in [0.1, 0.15) is 26.3 Å². The number of carboxylic acids is 3. The second-order valence-corrected chi connectivity index (χ2v) is 3.35. The zero-order valence-electron chi connectivity index (χ0n) is 9.32. The Morgan fingerprint density at radius 1 is 1.05 bits per heavy atom. The highest BCUT2D eigenvalue weighted by molar-refractivity contribution is 6.07. The summed E-state index contributed by atoms with van der Waals surface area (Å²) in [5, 5.41) is 35.4. The van der Waals surface area contributed by atoms with Crippen LogP contribution in [0.15, 0.2) is 24.3 Å². The van der Waals surface area contributed by atoms with Crippen molar-refractivity contribution in [2.24, 2.45) is 0 Å². The van der Waals surface area contributed by atoms with Crippen LogP contribution >= 0.6 is 0 Å². The fourth-order valence-corrected chi connectivity index (χ4v) is 1.48. The Morgan fingerprint density at radius 3 is 2.05 bits per heavy atom. The first-order valence-corrected chi connectivity index (χ1v) is 4.83. The van der Waals surface area contributed by atoms with Gasteiger partial charge in [0.05, 0.1) is 16.7 Å². The summed E-state index contributed by atoms with van der Waals surface area (Å²) in [6.07, 6.45) is 0.521. The Kier molecular flexibility index (Phi) is 4.00. The molecule has 0 aliphatic rings. The highest BCUT2D eigenvalue weighted by Gasteiger charge is 2.22. The maximum Gasteiger partial charge on any atom is 0.337 e. The molecule has 0 aliphatic heterocycles. The van der Waals surface area contributed by atoms with Crippen molar-refractivity contribution in [3.8, 4) is 6.07 Å². The summed E-state index contributed by atoms with van der Waals surface area (Å²) < 4.78 is 0. The molecule has 0 aliphatic carbocycles. The van der Waals surface area contributed by atoms with Crippen molar-refractivity contribution in [2.75, 3.05) is 0 Å². The molecule has 0 aromatic heterocycles. The normalized spacial score (nSPS) is 10.6. The number of nitrogens with zero attached hydrogens (tertiary/aromatic N) is 1. The van der Waals surface area contributed by atoms with Crippen LogP contribution < -0.4 is 0 Å². The SMILES string of the molecule is N#CC(=CC(=O)O)c1cccc(C(=O)O)c1C(=O)O. The molecule has 0 fully saturated rings. The van der Waals surface area contributed by atoms with Gasteiger partial charge in [-0.3, -0.25) is 0 Å². The first kappa shape index (κ1) is 13.9. The summed E-state index contributed by atoms with van der Waals surface area (Å²) in [6, 6.07) is 5.00. The molecule has 1 aromatic carbocycles. The minimum atomic E-state index is -1.56. The Hall–Kier alpha value is -3.14. The molecule has 1 rings (SSSR count). The Morgan fingerprint density at radius 2 is 1.63 bits per heavy atom. The summed E-state index contributed by atoms with van der Waals surface area (Å²) in [5.74, 6) is -4.47. The molecule has 0 bridgehead atoms. The molecule has 7 nitrogen and oxygen atoms in total. The summed E-state index contributed by atoms with van der Waals surface area (Å²) in [5.41, 5.74) is -1.83. The molecular weight excluding hydrogens is 254 g/mol. The van der Waals surface area contributed by atoms with E-state index in [-0.39, 0.29) is 5.56 Å². The number of benzene rings is 1. The van der Waals surface area contributed by atoms with Gasteiger partial charge in [-0.15, -0.1) is 0 Å². The number of carboxylic acid groups (broad SMARTS) is 3. The van der Waals surface area contributed by atoms with Crippen molar-refractivity contribution in [1.82, 2.24) is 0 Å². The van der Waals surface area contributed by atoms with Crippen molar-refractivity contribution in [3.05, 3.63) is 41.0 Å². The minimum absolute atomic E-state index is 0.252. The van der Waals surface area contributed by atoms with Gasteiger partial charge >= 0.3 is 17.9 Å². The van der Waals surface area contributed by atoms with E-state index >= 15 is 0 Å². The Bertz CT molecular complexity index is 638. The summed E-state index contributed by atoms with van der Waals surface area (Å²) in [7, 11) is 0. The molecule has 0 unspecified atom stereocenters. The molecule has 0 atom stereocenters. The lowest BCUT2D eigenvalue weighted by Crippen LogP contribution is -2.11. The van der Waals surface area contributed by atoms with Gasteiger partial charge in [-0.25, -0.2) is 14.4 Å². The van der Waals surface area contributed by atoms with Crippen LogP contribution in [0, 0.1) is 11.3 Å². The van der Waals surface area contributed by atoms with Crippen molar-refractivity contribution in [1.29, 1.82) is 5.26 Å². The number of nitriles is 1. The third-order valence-electron chi connectivity index (χ3n) is 2.19. The molecule has 1 aromatic rings. The van der Waals surface area contributed by atoms with Crippen LogP contribution in [-0.2, 0) is 4.79 Å². The molecule has 0 spiro atoms. The molecule has 96 valence electrons. The first-order chi connectivity index (χ1) is 8.88. The van der Waals surface area contributed by atoms with E-state index in [1.54, 1.807) is 0 Å². The van der Waals surface area contributed by atoms with Gasteiger partial charge in [-0.05, 0) is 6.07 Å². The molecule has 0 amide bonds. The highest BCUT2D eigenvalue weighted by Crippen LogP contribution is 2.22. The van der Waals surface area contributed by atoms with Crippen molar-refractivity contribution >= 4 is 23.5 Å². The van der Waals surface area contributed by atoms with Crippen LogP contribution in [0.2, 0.25) is 0 Å². The molecular formula is C12H7NO6. The average molecular weight is 261 g/mol. The van der Waals surface area contributed by atoms with Crippen molar-refractivity contribution in [2.45, 2.75) is 0 Å². The van der Waals surface area contributed by atoms with Gasteiger partial charge in [0.1, 0.15) is 6.07 Å². The third-order valence-corrected chi connectivity index (χ3v) is 2.19. The van der Waals surface area contributed by atoms with Gasteiger partial charge in [-0.2, -0.15) is 5.26 Å². The van der Waals surface area contributed by atoms with Crippen LogP contribution in [0.4, 0.5) is 0 Å². The maximum absolute atomic E-state index is 11.1. The number of aromatic carboxylic acids is 2. The standard InChI is InChI=1S/C12H7NO6/c13-5-6(4-9(14)15)7-2-1-3-8(11(16)17)10(7)12(18)19/h1-4H,(H,14,15)(H,16,17)(H,18,19). The quantitative estimate of drug-likeness (QED) is 0.544. The van der Waals surface area contributed by atoms with Gasteiger partial charge in [0.25, 0.3) is 0 Å². The molecule has 0 heterocycles. The minimum Gasteiger partial charge on any atom is -0.478 e. The van der Waals surface area contributed by atoms with Crippen LogP contribution in [-0.4, -0.2) is 33.2 Å². The average Bonchev–Trinajstić information content (AvgIpc) is 2.34. The van der Waals surface area contributed by atoms with E-state index in [0.717, 1.165) is 6.07 Å². The van der Waals surface area contributed by atoms with Gasteiger partial charge < -0.3 is 15.3 Å². The van der Waals surface area contributed by atoms with Crippen LogP contribution in [0.25, 0.3) is 5.57 Å². The summed E-state index contributed by atoms with van der Waals surface area (Å²) >= 11 is 0. The third kappa shape index (κ3) is 2.95. The Balaban J connectivity index is 3.66. The highest BCUT2D eigenvalue weighted by atomic mass is 16.4. The van der Waals surface area contributed by atoms with Gasteiger partial charge in [0.15, 0.2) is 0 Å². The van der Waals surface area contributed by atoms with E-state index in [9.17, 15) is 14.4 Å². The van der Waals surface area contributed by atoms with Crippen LogP contribution in [0.3, 0.4) is 0 Å². The fraction of sp³-hybridized carbons (Fsp3) is 0. The number of carbonyl (C=O) groups is 3. The lowest BCUT2D eigenvalue weighted by Gasteiger charge is -2.07. The van der Waals surface area contributed by atoms with E-state index in [4.69, 9.17) is 20.6 Å². The van der Waals surface area contributed by atoms with Crippen molar-refractivity contribution in [3.63, 3.8) is 0 Å². The summed E-state index contributed by atoms with van der Waals surface area (Å²) in [4.78, 5) is 32.6. The Labute approximate surface area is 106 Å².